The summed E-state index contributed by atoms with van der Waals surface area (Å²) in [7, 11) is 3.00. The summed E-state index contributed by atoms with van der Waals surface area (Å²) in [5, 5.41) is 8.50. The van der Waals surface area contributed by atoms with Crippen LogP contribution < -0.4 is 11.5 Å². The number of carboxylic acid groups (broad SMARTS) is 1. The zero-order valence-corrected chi connectivity index (χ0v) is 12.7. The highest BCUT2D eigenvalue weighted by molar-refractivity contribution is 7.96. The number of hydrogen-bond acceptors (Lipinski definition) is 6. The Morgan fingerprint density at radius 1 is 1.29 bits per heavy atom. The number of carboxylic acids is 1. The van der Waals surface area contributed by atoms with Gasteiger partial charge in [0.1, 0.15) is 11.4 Å². The molecule has 0 amide bonds. The molecule has 1 heterocycles. The lowest BCUT2D eigenvalue weighted by Gasteiger charge is -2.04. The van der Waals surface area contributed by atoms with E-state index in [0.29, 0.717) is 11.1 Å². The average Bonchev–Trinajstić information content (AvgIpc) is 2.92. The zero-order chi connectivity index (χ0) is 16.4. The summed E-state index contributed by atoms with van der Waals surface area (Å²) in [6.45, 7) is 0. The van der Waals surface area contributed by atoms with Gasteiger partial charge in [-0.2, -0.15) is 0 Å². The smallest absolute Gasteiger partial charge is 0.316 e. The number of thiol groups is 1. The maximum atomic E-state index is 11.0. The van der Waals surface area contributed by atoms with E-state index in [4.69, 9.17) is 9.52 Å². The molecule has 0 fully saturated rings. The minimum Gasteiger partial charge on any atom is -0.481 e. The first kappa shape index (κ1) is 19.1. The summed E-state index contributed by atoms with van der Waals surface area (Å²) < 4.78 is 5.31. The van der Waals surface area contributed by atoms with Gasteiger partial charge in [0.05, 0.1) is 0 Å². The fourth-order valence-electron chi connectivity index (χ4n) is 1.49. The van der Waals surface area contributed by atoms with Crippen LogP contribution in [0.1, 0.15) is 18.2 Å². The van der Waals surface area contributed by atoms with Crippen LogP contribution >= 0.6 is 12.6 Å². The normalized spacial score (nSPS) is 10.7. The first-order valence-electron chi connectivity index (χ1n) is 6.03. The summed E-state index contributed by atoms with van der Waals surface area (Å²) in [6, 6.07) is 6.93. The van der Waals surface area contributed by atoms with Crippen LogP contribution in [0.25, 0.3) is 11.1 Å². The van der Waals surface area contributed by atoms with Crippen LogP contribution in [0, 0.1) is 0 Å². The molecule has 1 aromatic heterocycles. The van der Waals surface area contributed by atoms with Crippen molar-refractivity contribution in [2.24, 2.45) is 11.5 Å². The molecule has 1 unspecified atom stereocenters. The van der Waals surface area contributed by atoms with Crippen LogP contribution in [0.5, 0.6) is 0 Å². The number of aromatic nitrogens is 1. The number of oxazole rings is 1. The minimum absolute atomic E-state index is 0.0288. The number of nitrogens with two attached hydrogens (primary N) is 2. The molecule has 0 aliphatic rings. The third kappa shape index (κ3) is 5.54. The van der Waals surface area contributed by atoms with E-state index in [9.17, 15) is 9.59 Å². The lowest BCUT2D eigenvalue weighted by molar-refractivity contribution is -0.140. The highest BCUT2D eigenvalue weighted by Crippen LogP contribution is 2.24. The summed E-state index contributed by atoms with van der Waals surface area (Å²) >= 11 is 3.57. The molecule has 2 rings (SSSR count). The van der Waals surface area contributed by atoms with Gasteiger partial charge in [-0.15, -0.1) is 12.6 Å². The molecule has 0 spiro atoms. The Labute approximate surface area is 127 Å². The number of carbonyl (C=O) groups excluding carboxylic acids is 1. The summed E-state index contributed by atoms with van der Waals surface area (Å²) in [5.74, 6) is -2.22. The second kappa shape index (κ2) is 9.92. The van der Waals surface area contributed by atoms with Crippen LogP contribution in [0.15, 0.2) is 28.7 Å². The third-order valence-electron chi connectivity index (χ3n) is 2.29. The van der Waals surface area contributed by atoms with Crippen LogP contribution in [-0.2, 0) is 9.59 Å². The van der Waals surface area contributed by atoms with Crippen LogP contribution in [0.2, 0.25) is 0 Å². The Bertz CT molecular complexity index is 553. The number of carbonyl (C=O) groups is 2. The van der Waals surface area contributed by atoms with Crippen LogP contribution in [0.3, 0.4) is 0 Å². The van der Waals surface area contributed by atoms with Gasteiger partial charge in [0.15, 0.2) is 10.7 Å². The molecule has 2 aromatic rings. The van der Waals surface area contributed by atoms with Crippen LogP contribution in [-0.4, -0.2) is 35.3 Å². The maximum absolute atomic E-state index is 11.0. The van der Waals surface area contributed by atoms with E-state index in [1.807, 2.05) is 0 Å². The first-order valence-corrected chi connectivity index (χ1v) is 6.48. The largest absolute Gasteiger partial charge is 0.481 e. The van der Waals surface area contributed by atoms with Gasteiger partial charge in [-0.25, -0.2) is 4.98 Å². The van der Waals surface area contributed by atoms with Gasteiger partial charge in [-0.1, -0.05) is 12.1 Å². The molecule has 1 aromatic carbocycles. The van der Waals surface area contributed by atoms with Crippen molar-refractivity contribution in [3.05, 3.63) is 30.2 Å². The number of fused-ring (bicyclic) bond motifs is 1. The molecule has 5 N–H and O–H groups in total. The van der Waals surface area contributed by atoms with E-state index in [-0.39, 0.29) is 12.3 Å². The van der Waals surface area contributed by atoms with E-state index in [2.05, 4.69) is 29.1 Å². The Kier molecular flexibility index (Phi) is 9.02. The second-order valence-corrected chi connectivity index (χ2v) is 4.01. The van der Waals surface area contributed by atoms with Crippen molar-refractivity contribution in [3.8, 4) is 0 Å². The maximum Gasteiger partial charge on any atom is 0.316 e. The van der Waals surface area contributed by atoms with Gasteiger partial charge in [0, 0.05) is 6.42 Å². The monoisotopic (exact) mass is 313 g/mol. The highest BCUT2D eigenvalue weighted by atomic mass is 32.1. The summed E-state index contributed by atoms with van der Waals surface area (Å²) in [4.78, 5) is 26.0. The molecule has 0 radical (unpaired) electrons. The molecule has 0 aliphatic carbocycles. The predicted octanol–water partition coefficient (Wildman–Crippen LogP) is 0.992. The number of nitrogens with zero attached hydrogens (tertiary/aromatic N) is 1. The summed E-state index contributed by atoms with van der Waals surface area (Å²) in [5.41, 5.74) is 10.1. The SMILES string of the molecule is CN.CN.O=C(S)CC(C(=O)O)c1nc2ccccc2o1. The Morgan fingerprint density at radius 2 is 1.86 bits per heavy atom. The molecule has 0 saturated carbocycles. The van der Waals surface area contributed by atoms with Gasteiger partial charge in [-0.3, -0.25) is 9.59 Å². The molecule has 0 aliphatic heterocycles. The molecule has 7 nitrogen and oxygen atoms in total. The van der Waals surface area contributed by atoms with Crippen molar-refractivity contribution >= 4 is 34.8 Å². The number of rotatable bonds is 4. The minimum atomic E-state index is -1.15. The van der Waals surface area contributed by atoms with E-state index in [1.54, 1.807) is 24.3 Å². The fraction of sp³-hybridized carbons (Fsp3) is 0.308. The lowest BCUT2D eigenvalue weighted by atomic mass is 10.1. The molecular formula is C13H19N3O4S. The first-order chi connectivity index (χ1) is 10.1. The van der Waals surface area contributed by atoms with Gasteiger partial charge in [0.2, 0.25) is 5.89 Å². The van der Waals surface area contributed by atoms with Crippen molar-refractivity contribution in [2.45, 2.75) is 12.3 Å². The molecule has 0 bridgehead atoms. The topological polar surface area (TPSA) is 132 Å². The van der Waals surface area contributed by atoms with Crippen molar-refractivity contribution in [2.75, 3.05) is 14.1 Å². The van der Waals surface area contributed by atoms with E-state index in [1.165, 1.54) is 14.1 Å². The lowest BCUT2D eigenvalue weighted by Crippen LogP contribution is -2.14. The standard InChI is InChI=1S/C11H9NO4S.2CH5N/c13-9(17)5-6(11(14)15)10-12-7-3-1-2-4-8(7)16-10;2*1-2/h1-4,6H,5H2,(H,13,17)(H,14,15);2*2H2,1H3. The average molecular weight is 313 g/mol. The molecular weight excluding hydrogens is 294 g/mol. The summed E-state index contributed by atoms with van der Waals surface area (Å²) in [6.07, 6.45) is -0.245. The quantitative estimate of drug-likeness (QED) is 0.619. The van der Waals surface area contributed by atoms with Crippen LogP contribution in [0.4, 0.5) is 0 Å². The second-order valence-electron chi connectivity index (χ2n) is 3.51. The van der Waals surface area contributed by atoms with Gasteiger partial charge < -0.3 is 21.0 Å². The van der Waals surface area contributed by atoms with Crippen molar-refractivity contribution < 1.29 is 19.1 Å². The number of hydrogen-bond donors (Lipinski definition) is 4. The molecule has 0 saturated heterocycles. The van der Waals surface area contributed by atoms with Crippen molar-refractivity contribution in [3.63, 3.8) is 0 Å². The third-order valence-corrected chi connectivity index (χ3v) is 2.47. The fourth-order valence-corrected chi connectivity index (χ4v) is 1.68. The van der Waals surface area contributed by atoms with Gasteiger partial charge in [-0.05, 0) is 26.2 Å². The predicted molar refractivity (Wildman–Crippen MR) is 83.2 cm³/mol. The van der Waals surface area contributed by atoms with Gasteiger partial charge >= 0.3 is 5.97 Å². The van der Waals surface area contributed by atoms with E-state index < -0.39 is 17.0 Å². The molecule has 21 heavy (non-hydrogen) atoms. The molecule has 1 atom stereocenters. The number of benzene rings is 1. The molecule has 8 heteroatoms. The van der Waals surface area contributed by atoms with E-state index >= 15 is 0 Å². The highest BCUT2D eigenvalue weighted by Gasteiger charge is 2.27. The van der Waals surface area contributed by atoms with E-state index in [0.717, 1.165) is 0 Å². The number of para-hydroxylation sites is 2. The number of aliphatic carboxylic acids is 1. The zero-order valence-electron chi connectivity index (χ0n) is 11.8. The van der Waals surface area contributed by atoms with Crippen molar-refractivity contribution in [1.29, 1.82) is 0 Å². The van der Waals surface area contributed by atoms with Gasteiger partial charge in [0.25, 0.3) is 0 Å². The Hall–Kier alpha value is -1.90. The molecule has 116 valence electrons. The Morgan fingerprint density at radius 3 is 2.33 bits per heavy atom. The van der Waals surface area contributed by atoms with Crippen molar-refractivity contribution in [1.82, 2.24) is 4.98 Å². The Balaban J connectivity index is 0.000000921.